The normalized spacial score (nSPS) is 12.8. The number of benzene rings is 2. The van der Waals surface area contributed by atoms with E-state index in [9.17, 15) is 0 Å². The molecule has 2 atom stereocenters. The summed E-state index contributed by atoms with van der Waals surface area (Å²) < 4.78 is 12.0. The molecular weight excluding hydrogens is 512 g/mol. The SMILES string of the molecule is CCCCC(CC)COc1ccc(CCCCOOOCCCCc2ccc(OCC(CC)CCCC)cc2)cc1. The van der Waals surface area contributed by atoms with Crippen LogP contribution in [0, 0.1) is 11.8 Å². The van der Waals surface area contributed by atoms with Crippen molar-refractivity contribution in [1.82, 2.24) is 0 Å². The molecule has 0 saturated heterocycles. The average molecular weight is 571 g/mol. The van der Waals surface area contributed by atoms with Gasteiger partial charge in [-0.3, -0.25) is 0 Å². The molecule has 0 heterocycles. The summed E-state index contributed by atoms with van der Waals surface area (Å²) in [5, 5.41) is 4.90. The van der Waals surface area contributed by atoms with Crippen molar-refractivity contribution in [1.29, 1.82) is 0 Å². The first-order valence-electron chi connectivity index (χ1n) is 16.5. The molecule has 2 aromatic carbocycles. The summed E-state index contributed by atoms with van der Waals surface area (Å²) in [6.07, 6.45) is 15.9. The van der Waals surface area contributed by atoms with Gasteiger partial charge in [-0.1, -0.05) is 95.5 Å². The molecule has 0 N–H and O–H groups in total. The van der Waals surface area contributed by atoms with Crippen LogP contribution in [0.25, 0.3) is 0 Å². The number of rotatable bonds is 26. The molecule has 5 nitrogen and oxygen atoms in total. The van der Waals surface area contributed by atoms with Crippen molar-refractivity contribution in [2.45, 2.75) is 118 Å². The molecule has 0 bridgehead atoms. The zero-order valence-electron chi connectivity index (χ0n) is 26.5. The number of aryl methyl sites for hydroxylation is 2. The fourth-order valence-electron chi connectivity index (χ4n) is 4.81. The summed E-state index contributed by atoms with van der Waals surface area (Å²) in [6.45, 7) is 11.7. The minimum Gasteiger partial charge on any atom is -0.493 e. The number of hydrogen-bond acceptors (Lipinski definition) is 5. The highest BCUT2D eigenvalue weighted by molar-refractivity contribution is 5.28. The summed E-state index contributed by atoms with van der Waals surface area (Å²) >= 11 is 0. The zero-order valence-corrected chi connectivity index (χ0v) is 26.5. The quantitative estimate of drug-likeness (QED) is 0.0640. The van der Waals surface area contributed by atoms with E-state index in [0.717, 1.165) is 63.2 Å². The minimum absolute atomic E-state index is 0.531. The largest absolute Gasteiger partial charge is 0.493 e. The van der Waals surface area contributed by atoms with Crippen LogP contribution in [0.5, 0.6) is 11.5 Å². The average Bonchev–Trinajstić information content (AvgIpc) is 3.01. The molecule has 0 spiro atoms. The van der Waals surface area contributed by atoms with Crippen molar-refractivity contribution < 1.29 is 24.3 Å². The molecule has 0 radical (unpaired) electrons. The van der Waals surface area contributed by atoms with E-state index in [-0.39, 0.29) is 0 Å². The Labute approximate surface area is 251 Å². The lowest BCUT2D eigenvalue weighted by Crippen LogP contribution is -2.11. The molecule has 0 aliphatic carbocycles. The monoisotopic (exact) mass is 570 g/mol. The van der Waals surface area contributed by atoms with E-state index in [1.807, 2.05) is 0 Å². The van der Waals surface area contributed by atoms with Gasteiger partial charge < -0.3 is 9.47 Å². The third-order valence-electron chi connectivity index (χ3n) is 7.89. The Morgan fingerprint density at radius 2 is 0.927 bits per heavy atom. The first-order valence-corrected chi connectivity index (χ1v) is 16.5. The van der Waals surface area contributed by atoms with E-state index >= 15 is 0 Å². The van der Waals surface area contributed by atoms with Crippen molar-refractivity contribution in [3.8, 4) is 11.5 Å². The first kappa shape index (κ1) is 35.1. The van der Waals surface area contributed by atoms with Crippen molar-refractivity contribution >= 4 is 0 Å². The van der Waals surface area contributed by atoms with Crippen LogP contribution in [0.2, 0.25) is 0 Å². The maximum absolute atomic E-state index is 6.01. The van der Waals surface area contributed by atoms with Gasteiger partial charge in [0.2, 0.25) is 0 Å². The second-order valence-electron chi connectivity index (χ2n) is 11.4. The van der Waals surface area contributed by atoms with Gasteiger partial charge in [0.05, 0.1) is 26.4 Å². The third-order valence-corrected chi connectivity index (χ3v) is 7.89. The lowest BCUT2D eigenvalue weighted by molar-refractivity contribution is -0.512. The Kier molecular flexibility index (Phi) is 20.1. The highest BCUT2D eigenvalue weighted by Gasteiger charge is 2.08. The fourth-order valence-corrected chi connectivity index (χ4v) is 4.81. The molecular formula is C36H58O5. The van der Waals surface area contributed by atoms with E-state index < -0.39 is 0 Å². The molecule has 2 rings (SSSR count). The Morgan fingerprint density at radius 3 is 1.29 bits per heavy atom. The van der Waals surface area contributed by atoms with Crippen LogP contribution >= 0.6 is 0 Å². The van der Waals surface area contributed by atoms with Gasteiger partial charge in [0.25, 0.3) is 0 Å². The summed E-state index contributed by atoms with van der Waals surface area (Å²) in [5.74, 6) is 3.25. The molecule has 0 saturated carbocycles. The van der Waals surface area contributed by atoms with Gasteiger partial charge in [0.1, 0.15) is 11.5 Å². The summed E-state index contributed by atoms with van der Waals surface area (Å²) in [7, 11) is 0. The second kappa shape index (κ2) is 23.5. The van der Waals surface area contributed by atoms with E-state index in [2.05, 4.69) is 76.2 Å². The van der Waals surface area contributed by atoms with E-state index in [4.69, 9.17) is 24.3 Å². The zero-order chi connectivity index (χ0) is 29.4. The van der Waals surface area contributed by atoms with Gasteiger partial charge in [-0.2, -0.15) is 0 Å². The standard InChI is InChI=1S/C36H58O5/c1-5-9-15-31(7-3)29-37-35-23-19-33(20-24-35)17-11-13-27-39-41-40-28-14-12-18-34-21-25-36(26-22-34)38-30-32(8-4)16-10-6-2/h19-26,31-32H,5-18,27-30H2,1-4H3. The number of hydrogen-bond donors (Lipinski definition) is 0. The number of ether oxygens (including phenoxy) is 2. The first-order chi connectivity index (χ1) is 20.2. The Bertz CT molecular complexity index is 780. The third kappa shape index (κ3) is 16.8. The van der Waals surface area contributed by atoms with Gasteiger partial charge >= 0.3 is 0 Å². The lowest BCUT2D eigenvalue weighted by Gasteiger charge is -2.15. The van der Waals surface area contributed by atoms with Crippen LogP contribution in [0.1, 0.15) is 116 Å². The van der Waals surface area contributed by atoms with E-state index in [1.165, 1.54) is 62.5 Å². The summed E-state index contributed by atoms with van der Waals surface area (Å²) in [6, 6.07) is 17.1. The lowest BCUT2D eigenvalue weighted by atomic mass is 10.0. The highest BCUT2D eigenvalue weighted by atomic mass is 17.5. The van der Waals surface area contributed by atoms with Crippen molar-refractivity contribution in [3.63, 3.8) is 0 Å². The molecule has 0 aliphatic rings. The maximum Gasteiger partial charge on any atom is 0.119 e. The Hall–Kier alpha value is -2.08. The number of unbranched alkanes of at least 4 members (excludes halogenated alkanes) is 4. The summed E-state index contributed by atoms with van der Waals surface area (Å²) in [4.78, 5) is 10.3. The topological polar surface area (TPSA) is 46.2 Å². The van der Waals surface area contributed by atoms with Crippen LogP contribution in [-0.2, 0) is 27.7 Å². The molecule has 0 amide bonds. The molecule has 0 aromatic heterocycles. The smallest absolute Gasteiger partial charge is 0.119 e. The van der Waals surface area contributed by atoms with Crippen molar-refractivity contribution in [3.05, 3.63) is 59.7 Å². The predicted molar refractivity (Wildman–Crippen MR) is 169 cm³/mol. The second-order valence-corrected chi connectivity index (χ2v) is 11.4. The van der Waals surface area contributed by atoms with Crippen LogP contribution in [0.4, 0.5) is 0 Å². The minimum atomic E-state index is 0.531. The van der Waals surface area contributed by atoms with Gasteiger partial charge in [0, 0.05) is 0 Å². The molecule has 41 heavy (non-hydrogen) atoms. The van der Waals surface area contributed by atoms with Gasteiger partial charge in [-0.15, -0.1) is 0 Å². The van der Waals surface area contributed by atoms with Gasteiger partial charge in [-0.05, 0) is 98.6 Å². The van der Waals surface area contributed by atoms with E-state index in [0.29, 0.717) is 25.0 Å². The molecule has 2 aromatic rings. The van der Waals surface area contributed by atoms with Crippen LogP contribution < -0.4 is 9.47 Å². The van der Waals surface area contributed by atoms with Crippen LogP contribution in [0.3, 0.4) is 0 Å². The Balaban J connectivity index is 1.43. The van der Waals surface area contributed by atoms with Gasteiger partial charge in [-0.25, -0.2) is 9.78 Å². The summed E-state index contributed by atoms with van der Waals surface area (Å²) in [5.41, 5.74) is 2.64. The molecule has 0 aliphatic heterocycles. The van der Waals surface area contributed by atoms with Crippen molar-refractivity contribution in [2.75, 3.05) is 26.4 Å². The molecule has 5 heteroatoms. The molecule has 232 valence electrons. The van der Waals surface area contributed by atoms with Crippen LogP contribution in [-0.4, -0.2) is 26.4 Å². The fraction of sp³-hybridized carbons (Fsp3) is 0.667. The Morgan fingerprint density at radius 1 is 0.512 bits per heavy atom. The van der Waals surface area contributed by atoms with Crippen LogP contribution in [0.15, 0.2) is 48.5 Å². The molecule has 0 fully saturated rings. The highest BCUT2D eigenvalue weighted by Crippen LogP contribution is 2.19. The van der Waals surface area contributed by atoms with E-state index in [1.54, 1.807) is 0 Å². The predicted octanol–water partition coefficient (Wildman–Crippen LogP) is 10.1. The van der Waals surface area contributed by atoms with Gasteiger partial charge in [0.15, 0.2) is 0 Å². The van der Waals surface area contributed by atoms with Crippen molar-refractivity contribution in [2.24, 2.45) is 11.8 Å². The maximum atomic E-state index is 6.01. The molecule has 2 unspecified atom stereocenters.